The van der Waals surface area contributed by atoms with E-state index < -0.39 is 0 Å². The number of aromatic nitrogens is 1. The van der Waals surface area contributed by atoms with Gasteiger partial charge in [-0.15, -0.1) is 0 Å². The van der Waals surface area contributed by atoms with Crippen LogP contribution in [-0.4, -0.2) is 42.2 Å². The van der Waals surface area contributed by atoms with Gasteiger partial charge in [-0.25, -0.2) is 0 Å². The number of nitrogens with one attached hydrogen (secondary N) is 1. The van der Waals surface area contributed by atoms with Gasteiger partial charge in [-0.1, -0.05) is 13.8 Å². The van der Waals surface area contributed by atoms with Crippen molar-refractivity contribution in [3.63, 3.8) is 0 Å². The van der Waals surface area contributed by atoms with E-state index in [1.54, 1.807) is 0 Å². The van der Waals surface area contributed by atoms with Crippen LogP contribution in [0.2, 0.25) is 0 Å². The lowest BCUT2D eigenvalue weighted by Crippen LogP contribution is -2.36. The summed E-state index contributed by atoms with van der Waals surface area (Å²) in [5.41, 5.74) is 2.17. The molecular formula is C16H27N3O. The summed E-state index contributed by atoms with van der Waals surface area (Å²) in [7, 11) is 2.17. The Kier molecular flexibility index (Phi) is 5.38. The summed E-state index contributed by atoms with van der Waals surface area (Å²) in [5, 5.41) is 3.44. The first-order chi connectivity index (χ1) is 9.54. The maximum Gasteiger partial charge on any atom is 0.127 e. The largest absolute Gasteiger partial charge is 0.490 e. The van der Waals surface area contributed by atoms with Gasteiger partial charge in [0, 0.05) is 49.2 Å². The quantitative estimate of drug-likeness (QED) is 0.896. The Morgan fingerprint density at radius 1 is 1.40 bits per heavy atom. The molecule has 4 nitrogen and oxygen atoms in total. The molecule has 0 bridgehead atoms. The Morgan fingerprint density at radius 2 is 2.10 bits per heavy atom. The summed E-state index contributed by atoms with van der Waals surface area (Å²) in [4.78, 5) is 6.75. The number of ether oxygens (including phenoxy) is 1. The highest BCUT2D eigenvalue weighted by Gasteiger charge is 2.19. The van der Waals surface area contributed by atoms with E-state index in [1.165, 1.54) is 0 Å². The van der Waals surface area contributed by atoms with Gasteiger partial charge in [0.15, 0.2) is 0 Å². The van der Waals surface area contributed by atoms with Gasteiger partial charge in [0.1, 0.15) is 11.9 Å². The predicted octanol–water partition coefficient (Wildman–Crippen LogP) is 2.36. The number of likely N-dealkylation sites (tertiary alicyclic amines) is 1. The molecule has 1 aromatic rings. The molecule has 20 heavy (non-hydrogen) atoms. The van der Waals surface area contributed by atoms with Crippen molar-refractivity contribution in [1.29, 1.82) is 0 Å². The van der Waals surface area contributed by atoms with Gasteiger partial charge in [-0.2, -0.15) is 0 Å². The average Bonchev–Trinajstić information content (AvgIpc) is 2.40. The van der Waals surface area contributed by atoms with Crippen LogP contribution < -0.4 is 10.1 Å². The molecule has 2 heterocycles. The second kappa shape index (κ2) is 7.04. The second-order valence-electron chi connectivity index (χ2n) is 6.09. The number of aryl methyl sites for hydroxylation is 1. The van der Waals surface area contributed by atoms with Crippen molar-refractivity contribution in [3.05, 3.63) is 23.5 Å². The smallest absolute Gasteiger partial charge is 0.127 e. The number of rotatable bonds is 5. The molecule has 2 rings (SSSR count). The summed E-state index contributed by atoms with van der Waals surface area (Å²) in [6.45, 7) is 9.37. The molecule has 4 heteroatoms. The van der Waals surface area contributed by atoms with E-state index >= 15 is 0 Å². The van der Waals surface area contributed by atoms with Crippen LogP contribution in [0, 0.1) is 6.92 Å². The van der Waals surface area contributed by atoms with Crippen LogP contribution in [0.4, 0.5) is 0 Å². The summed E-state index contributed by atoms with van der Waals surface area (Å²) in [5.74, 6) is 1.00. The molecule has 1 aromatic heterocycles. The summed E-state index contributed by atoms with van der Waals surface area (Å²) in [6.07, 6.45) is 4.49. The van der Waals surface area contributed by atoms with Crippen LogP contribution in [0.3, 0.4) is 0 Å². The standard InChI is InChI=1S/C16H27N3O/c1-12(2)17-10-14-11-18-13(3)9-16(14)20-15-5-7-19(4)8-6-15/h9,11-12,15,17H,5-8,10H2,1-4H3. The molecular weight excluding hydrogens is 250 g/mol. The third-order valence-electron chi connectivity index (χ3n) is 3.74. The number of hydrogen-bond acceptors (Lipinski definition) is 4. The van der Waals surface area contributed by atoms with E-state index in [9.17, 15) is 0 Å². The van der Waals surface area contributed by atoms with Crippen molar-refractivity contribution in [2.75, 3.05) is 20.1 Å². The first-order valence-corrected chi connectivity index (χ1v) is 7.58. The van der Waals surface area contributed by atoms with Crippen LogP contribution in [0.15, 0.2) is 12.3 Å². The highest BCUT2D eigenvalue weighted by Crippen LogP contribution is 2.23. The molecule has 0 atom stereocenters. The van der Waals surface area contributed by atoms with Gasteiger partial charge in [-0.05, 0) is 26.8 Å². The lowest BCUT2D eigenvalue weighted by molar-refractivity contribution is 0.113. The SMILES string of the molecule is Cc1cc(OC2CCN(C)CC2)c(CNC(C)C)cn1. The minimum absolute atomic E-state index is 0.339. The third kappa shape index (κ3) is 4.46. The maximum atomic E-state index is 6.24. The molecule has 0 aromatic carbocycles. The Bertz CT molecular complexity index is 426. The van der Waals surface area contributed by atoms with Gasteiger partial charge in [0.05, 0.1) is 0 Å². The first-order valence-electron chi connectivity index (χ1n) is 7.58. The normalized spacial score (nSPS) is 17.6. The van der Waals surface area contributed by atoms with Crippen molar-refractivity contribution in [3.8, 4) is 5.75 Å². The number of pyridine rings is 1. The highest BCUT2D eigenvalue weighted by atomic mass is 16.5. The minimum Gasteiger partial charge on any atom is -0.490 e. The zero-order chi connectivity index (χ0) is 14.5. The molecule has 0 unspecified atom stereocenters. The summed E-state index contributed by atoms with van der Waals surface area (Å²) < 4.78 is 6.24. The molecule has 0 saturated carbocycles. The maximum absolute atomic E-state index is 6.24. The molecule has 1 aliphatic rings. The first kappa shape index (κ1) is 15.3. The van der Waals surface area contributed by atoms with Crippen LogP contribution >= 0.6 is 0 Å². The van der Waals surface area contributed by atoms with Crippen molar-refractivity contribution < 1.29 is 4.74 Å². The molecule has 0 aliphatic carbocycles. The zero-order valence-electron chi connectivity index (χ0n) is 13.1. The van der Waals surface area contributed by atoms with Crippen molar-refractivity contribution in [2.24, 2.45) is 0 Å². The minimum atomic E-state index is 0.339. The highest BCUT2D eigenvalue weighted by molar-refractivity contribution is 5.33. The molecule has 1 saturated heterocycles. The Morgan fingerprint density at radius 3 is 2.75 bits per heavy atom. The Labute approximate surface area is 122 Å². The molecule has 0 spiro atoms. The van der Waals surface area contributed by atoms with Crippen molar-refractivity contribution >= 4 is 0 Å². The van der Waals surface area contributed by atoms with Crippen LogP contribution in [0.25, 0.3) is 0 Å². The van der Waals surface area contributed by atoms with Crippen LogP contribution in [-0.2, 0) is 6.54 Å². The van der Waals surface area contributed by atoms with Gasteiger partial charge in [-0.3, -0.25) is 4.98 Å². The van der Waals surface area contributed by atoms with E-state index in [-0.39, 0.29) is 0 Å². The van der Waals surface area contributed by atoms with Gasteiger partial charge < -0.3 is 15.0 Å². The van der Waals surface area contributed by atoms with Crippen LogP contribution in [0.5, 0.6) is 5.75 Å². The number of nitrogens with zero attached hydrogens (tertiary/aromatic N) is 2. The summed E-state index contributed by atoms with van der Waals surface area (Å²) >= 11 is 0. The topological polar surface area (TPSA) is 37.4 Å². The average molecular weight is 277 g/mol. The van der Waals surface area contributed by atoms with Gasteiger partial charge in [0.2, 0.25) is 0 Å². The van der Waals surface area contributed by atoms with E-state index in [2.05, 4.69) is 42.2 Å². The molecule has 1 fully saturated rings. The van der Waals surface area contributed by atoms with Crippen molar-refractivity contribution in [2.45, 2.75) is 52.3 Å². The van der Waals surface area contributed by atoms with E-state index in [0.29, 0.717) is 12.1 Å². The monoisotopic (exact) mass is 277 g/mol. The Hall–Kier alpha value is -1.13. The van der Waals surface area contributed by atoms with Gasteiger partial charge >= 0.3 is 0 Å². The van der Waals surface area contributed by atoms with E-state index in [4.69, 9.17) is 4.74 Å². The molecule has 112 valence electrons. The predicted molar refractivity (Wildman–Crippen MR) is 82.1 cm³/mol. The molecule has 0 amide bonds. The Balaban J connectivity index is 2.02. The fourth-order valence-corrected chi connectivity index (χ4v) is 2.40. The molecule has 1 N–H and O–H groups in total. The molecule has 0 radical (unpaired) electrons. The fourth-order valence-electron chi connectivity index (χ4n) is 2.40. The lowest BCUT2D eigenvalue weighted by Gasteiger charge is -2.30. The zero-order valence-corrected chi connectivity index (χ0v) is 13.1. The fraction of sp³-hybridized carbons (Fsp3) is 0.688. The van der Waals surface area contributed by atoms with E-state index in [0.717, 1.165) is 49.5 Å². The van der Waals surface area contributed by atoms with E-state index in [1.807, 2.05) is 13.1 Å². The van der Waals surface area contributed by atoms with Crippen LogP contribution in [0.1, 0.15) is 37.9 Å². The third-order valence-corrected chi connectivity index (χ3v) is 3.74. The number of piperidine rings is 1. The van der Waals surface area contributed by atoms with Crippen molar-refractivity contribution in [1.82, 2.24) is 15.2 Å². The number of hydrogen-bond donors (Lipinski definition) is 1. The molecule has 1 aliphatic heterocycles. The lowest BCUT2D eigenvalue weighted by atomic mass is 10.1. The summed E-state index contributed by atoms with van der Waals surface area (Å²) in [6, 6.07) is 2.53. The second-order valence-corrected chi connectivity index (χ2v) is 6.09. The van der Waals surface area contributed by atoms with Gasteiger partial charge in [0.25, 0.3) is 0 Å².